The van der Waals surface area contributed by atoms with E-state index in [-0.39, 0.29) is 13.2 Å². The molecule has 20 heavy (non-hydrogen) atoms. The van der Waals surface area contributed by atoms with E-state index in [4.69, 9.17) is 10.5 Å². The first-order valence-electron chi connectivity index (χ1n) is 6.80. The van der Waals surface area contributed by atoms with Gasteiger partial charge in [-0.3, -0.25) is 4.79 Å². The number of ether oxygens (including phenoxy) is 1. The first-order valence-corrected chi connectivity index (χ1v) is 6.80. The highest BCUT2D eigenvalue weighted by molar-refractivity contribution is 5.84. The van der Waals surface area contributed by atoms with Crippen molar-refractivity contribution in [2.75, 3.05) is 13.2 Å². The molecule has 1 aromatic rings. The summed E-state index contributed by atoms with van der Waals surface area (Å²) >= 11 is 0. The summed E-state index contributed by atoms with van der Waals surface area (Å²) < 4.78 is 5.50. The molecule has 0 saturated heterocycles. The van der Waals surface area contributed by atoms with Crippen LogP contribution < -0.4 is 15.8 Å². The maximum absolute atomic E-state index is 11.3. The smallest absolute Gasteiger partial charge is 0.237 e. The van der Waals surface area contributed by atoms with E-state index in [0.717, 1.165) is 11.3 Å². The summed E-state index contributed by atoms with van der Waals surface area (Å²) in [5, 5.41) is 12.9. The molecule has 5 nitrogen and oxygen atoms in total. The normalized spacial score (nSPS) is 15.4. The van der Waals surface area contributed by atoms with Crippen LogP contribution in [0, 0.1) is 6.92 Å². The fourth-order valence-electron chi connectivity index (χ4n) is 1.69. The summed E-state index contributed by atoms with van der Waals surface area (Å²) in [7, 11) is 0. The van der Waals surface area contributed by atoms with Crippen molar-refractivity contribution < 1.29 is 14.6 Å². The first kappa shape index (κ1) is 16.5. The minimum Gasteiger partial charge on any atom is -0.491 e. The summed E-state index contributed by atoms with van der Waals surface area (Å²) in [4.78, 5) is 11.3. The maximum Gasteiger partial charge on any atom is 0.237 e. The van der Waals surface area contributed by atoms with Gasteiger partial charge in [0.2, 0.25) is 5.91 Å². The highest BCUT2D eigenvalue weighted by atomic mass is 16.5. The number of benzene rings is 1. The van der Waals surface area contributed by atoms with Crippen molar-refractivity contribution in [3.05, 3.63) is 29.8 Å². The molecule has 2 atom stereocenters. The summed E-state index contributed by atoms with van der Waals surface area (Å²) in [6, 6.07) is 7.62. The number of primary amides is 1. The monoisotopic (exact) mass is 280 g/mol. The Balaban J connectivity index is 2.41. The van der Waals surface area contributed by atoms with Crippen LogP contribution in [0.25, 0.3) is 0 Å². The second kappa shape index (κ2) is 7.26. The van der Waals surface area contributed by atoms with Gasteiger partial charge >= 0.3 is 0 Å². The molecule has 0 radical (unpaired) electrons. The molecule has 0 aromatic heterocycles. The minimum atomic E-state index is -0.801. The Morgan fingerprint density at radius 3 is 2.80 bits per heavy atom. The molecule has 2 unspecified atom stereocenters. The standard InChI is InChI=1S/C15H24N2O3/c1-4-15(3,14(16)19)17-9-12(18)10-20-13-7-5-6-11(2)8-13/h5-8,12,17-18H,4,9-10H2,1-3H3,(H2,16,19). The zero-order valence-corrected chi connectivity index (χ0v) is 12.3. The third-order valence-corrected chi connectivity index (χ3v) is 3.41. The van der Waals surface area contributed by atoms with Crippen LogP contribution in [0.3, 0.4) is 0 Å². The molecule has 5 heteroatoms. The minimum absolute atomic E-state index is 0.162. The number of hydrogen-bond acceptors (Lipinski definition) is 4. The van der Waals surface area contributed by atoms with E-state index < -0.39 is 17.6 Å². The number of aliphatic hydroxyl groups excluding tert-OH is 1. The van der Waals surface area contributed by atoms with Crippen molar-refractivity contribution in [3.8, 4) is 5.75 Å². The number of aliphatic hydroxyl groups is 1. The van der Waals surface area contributed by atoms with Crippen molar-refractivity contribution in [1.29, 1.82) is 0 Å². The Kier molecular flexibility index (Phi) is 5.98. The quantitative estimate of drug-likeness (QED) is 0.662. The number of rotatable bonds is 8. The molecule has 1 rings (SSSR count). The fraction of sp³-hybridized carbons (Fsp3) is 0.533. The predicted octanol–water partition coefficient (Wildman–Crippen LogP) is 0.978. The third kappa shape index (κ3) is 4.83. The van der Waals surface area contributed by atoms with Gasteiger partial charge in [-0.1, -0.05) is 19.1 Å². The molecule has 0 heterocycles. The molecule has 1 amide bonds. The van der Waals surface area contributed by atoms with Crippen LogP contribution >= 0.6 is 0 Å². The molecule has 0 bridgehead atoms. The van der Waals surface area contributed by atoms with E-state index in [0.29, 0.717) is 6.42 Å². The number of amides is 1. The van der Waals surface area contributed by atoms with E-state index in [1.165, 1.54) is 0 Å². The third-order valence-electron chi connectivity index (χ3n) is 3.41. The highest BCUT2D eigenvalue weighted by Crippen LogP contribution is 2.13. The molecule has 4 N–H and O–H groups in total. The van der Waals surface area contributed by atoms with Crippen LogP contribution in [0.4, 0.5) is 0 Å². The van der Waals surface area contributed by atoms with Crippen LogP contribution in [0.1, 0.15) is 25.8 Å². The fourth-order valence-corrected chi connectivity index (χ4v) is 1.69. The Bertz CT molecular complexity index is 450. The van der Waals surface area contributed by atoms with Gasteiger partial charge in [-0.25, -0.2) is 0 Å². The number of carbonyl (C=O) groups is 1. The molecule has 0 aliphatic rings. The van der Waals surface area contributed by atoms with Crippen molar-refractivity contribution in [3.63, 3.8) is 0 Å². The molecule has 0 saturated carbocycles. The second-order valence-electron chi connectivity index (χ2n) is 5.21. The molecular formula is C15H24N2O3. The lowest BCUT2D eigenvalue weighted by molar-refractivity contribution is -0.124. The summed E-state index contributed by atoms with van der Waals surface area (Å²) in [6.45, 7) is 5.98. The number of carbonyl (C=O) groups excluding carboxylic acids is 1. The number of β-amino-alcohol motifs (C(OH)–C–C–N with tert-alkyl or cyclic N) is 1. The Labute approximate surface area is 120 Å². The SMILES string of the molecule is CCC(C)(NCC(O)COc1cccc(C)c1)C(N)=O. The number of nitrogens with two attached hydrogens (primary N) is 1. The van der Waals surface area contributed by atoms with Crippen LogP contribution in [-0.4, -0.2) is 35.8 Å². The van der Waals surface area contributed by atoms with Gasteiger partial charge in [0.25, 0.3) is 0 Å². The lowest BCUT2D eigenvalue weighted by Crippen LogP contribution is -2.55. The largest absolute Gasteiger partial charge is 0.491 e. The van der Waals surface area contributed by atoms with Gasteiger partial charge in [0, 0.05) is 6.54 Å². The van der Waals surface area contributed by atoms with Gasteiger partial charge in [-0.15, -0.1) is 0 Å². The Morgan fingerprint density at radius 1 is 1.55 bits per heavy atom. The van der Waals surface area contributed by atoms with E-state index in [2.05, 4.69) is 5.32 Å². The topological polar surface area (TPSA) is 84.6 Å². The van der Waals surface area contributed by atoms with Gasteiger partial charge in [0.15, 0.2) is 0 Å². The van der Waals surface area contributed by atoms with Crippen LogP contribution in [0.5, 0.6) is 5.75 Å². The molecule has 112 valence electrons. The van der Waals surface area contributed by atoms with Gasteiger partial charge in [0.05, 0.1) is 5.54 Å². The molecule has 0 fully saturated rings. The number of nitrogens with one attached hydrogen (secondary N) is 1. The van der Waals surface area contributed by atoms with Crippen LogP contribution in [0.15, 0.2) is 24.3 Å². The maximum atomic E-state index is 11.3. The van der Waals surface area contributed by atoms with E-state index in [9.17, 15) is 9.90 Å². The van der Waals surface area contributed by atoms with Crippen molar-refractivity contribution in [2.24, 2.45) is 5.73 Å². The molecule has 1 aromatic carbocycles. The van der Waals surface area contributed by atoms with Gasteiger partial charge in [0.1, 0.15) is 18.5 Å². The summed E-state index contributed by atoms with van der Waals surface area (Å²) in [5.74, 6) is 0.295. The highest BCUT2D eigenvalue weighted by Gasteiger charge is 2.28. The first-order chi connectivity index (χ1) is 9.37. The van der Waals surface area contributed by atoms with E-state index in [1.54, 1.807) is 6.92 Å². The van der Waals surface area contributed by atoms with Crippen LogP contribution in [0.2, 0.25) is 0 Å². The zero-order chi connectivity index (χ0) is 15.2. The lowest BCUT2D eigenvalue weighted by Gasteiger charge is -2.27. The summed E-state index contributed by atoms with van der Waals surface area (Å²) in [6.07, 6.45) is -0.144. The Hall–Kier alpha value is -1.59. The molecule has 0 aliphatic carbocycles. The second-order valence-corrected chi connectivity index (χ2v) is 5.21. The average Bonchev–Trinajstić information content (AvgIpc) is 2.42. The number of aryl methyl sites for hydroxylation is 1. The average molecular weight is 280 g/mol. The number of hydrogen-bond donors (Lipinski definition) is 3. The van der Waals surface area contributed by atoms with Crippen LogP contribution in [-0.2, 0) is 4.79 Å². The van der Waals surface area contributed by atoms with Gasteiger partial charge in [-0.05, 0) is 38.0 Å². The van der Waals surface area contributed by atoms with E-state index in [1.807, 2.05) is 38.1 Å². The van der Waals surface area contributed by atoms with Crippen molar-refractivity contribution in [1.82, 2.24) is 5.32 Å². The lowest BCUT2D eigenvalue weighted by atomic mass is 9.98. The zero-order valence-electron chi connectivity index (χ0n) is 12.3. The molecular weight excluding hydrogens is 256 g/mol. The molecule has 0 aliphatic heterocycles. The Morgan fingerprint density at radius 2 is 2.25 bits per heavy atom. The van der Waals surface area contributed by atoms with Gasteiger partial charge < -0.3 is 20.9 Å². The predicted molar refractivity (Wildman–Crippen MR) is 78.6 cm³/mol. The molecule has 0 spiro atoms. The van der Waals surface area contributed by atoms with Crippen molar-refractivity contribution in [2.45, 2.75) is 38.8 Å². The van der Waals surface area contributed by atoms with Gasteiger partial charge in [-0.2, -0.15) is 0 Å². The summed E-state index contributed by atoms with van der Waals surface area (Å²) in [5.41, 5.74) is 5.63. The van der Waals surface area contributed by atoms with Crippen molar-refractivity contribution >= 4 is 5.91 Å². The van der Waals surface area contributed by atoms with E-state index >= 15 is 0 Å².